The molecule has 3 atom stereocenters. The first-order valence-corrected chi connectivity index (χ1v) is 9.70. The summed E-state index contributed by atoms with van der Waals surface area (Å²) in [5, 5.41) is 3.96. The molecule has 0 radical (unpaired) electrons. The van der Waals surface area contributed by atoms with Crippen LogP contribution in [0.1, 0.15) is 37.2 Å². The molecule has 0 spiro atoms. The first kappa shape index (κ1) is 12.8. The largest absolute Gasteiger partial charge is 0.286 e. The number of aromatic nitrogens is 2. The van der Waals surface area contributed by atoms with Crippen LogP contribution in [0.15, 0.2) is 15.0 Å². The monoisotopic (exact) mass is 358 g/mol. The fourth-order valence-electron chi connectivity index (χ4n) is 3.37. The SMILES string of the molecule is O=c1c2c(nc3n1CC(CBr)S3)SC1CCCCC21. The zero-order chi connectivity index (χ0) is 13.0. The number of alkyl halides is 1. The van der Waals surface area contributed by atoms with Gasteiger partial charge in [0, 0.05) is 28.3 Å². The molecule has 1 aromatic rings. The van der Waals surface area contributed by atoms with Crippen molar-refractivity contribution in [3.05, 3.63) is 15.9 Å². The Morgan fingerprint density at radius 2 is 2.16 bits per heavy atom. The van der Waals surface area contributed by atoms with Crippen molar-refractivity contribution in [2.75, 3.05) is 5.33 Å². The Balaban J connectivity index is 1.80. The second-order valence-electron chi connectivity index (χ2n) is 5.47. The van der Waals surface area contributed by atoms with Crippen LogP contribution in [0.2, 0.25) is 0 Å². The summed E-state index contributed by atoms with van der Waals surface area (Å²) in [5.74, 6) is 0.472. The van der Waals surface area contributed by atoms with Gasteiger partial charge in [-0.1, -0.05) is 40.5 Å². The quantitative estimate of drug-likeness (QED) is 0.438. The Morgan fingerprint density at radius 3 is 3.00 bits per heavy atom. The molecule has 1 aliphatic carbocycles. The lowest BCUT2D eigenvalue weighted by molar-refractivity contribution is 0.451. The highest BCUT2D eigenvalue weighted by atomic mass is 79.9. The van der Waals surface area contributed by atoms with E-state index in [4.69, 9.17) is 4.98 Å². The first-order valence-electron chi connectivity index (χ1n) is 6.82. The minimum Gasteiger partial charge on any atom is -0.286 e. The minimum absolute atomic E-state index is 0.248. The lowest BCUT2D eigenvalue weighted by atomic mass is 9.85. The number of thioether (sulfide) groups is 2. The van der Waals surface area contributed by atoms with E-state index < -0.39 is 0 Å². The second-order valence-corrected chi connectivity index (χ2v) is 8.61. The highest BCUT2D eigenvalue weighted by Crippen LogP contribution is 2.50. The van der Waals surface area contributed by atoms with Crippen LogP contribution < -0.4 is 5.56 Å². The number of rotatable bonds is 1. The molecule has 0 N–H and O–H groups in total. The zero-order valence-corrected chi connectivity index (χ0v) is 13.7. The predicted octanol–water partition coefficient (Wildman–Crippen LogP) is 3.24. The Kier molecular flexibility index (Phi) is 3.23. The summed E-state index contributed by atoms with van der Waals surface area (Å²) in [4.78, 5) is 17.5. The molecule has 0 aromatic carbocycles. The van der Waals surface area contributed by atoms with Gasteiger partial charge >= 0.3 is 0 Å². The molecule has 0 amide bonds. The highest BCUT2D eigenvalue weighted by molar-refractivity contribution is 9.09. The van der Waals surface area contributed by atoms with Crippen molar-refractivity contribution in [1.82, 2.24) is 9.55 Å². The van der Waals surface area contributed by atoms with Crippen LogP contribution in [0.25, 0.3) is 0 Å². The standard InChI is InChI=1S/C13H15BrN2OS2/c14-5-7-6-16-12(17)10-8-3-1-2-4-9(8)19-11(10)15-13(16)18-7/h7-9H,1-6H2. The van der Waals surface area contributed by atoms with Crippen LogP contribution in [0.4, 0.5) is 0 Å². The van der Waals surface area contributed by atoms with Crippen molar-refractivity contribution >= 4 is 39.5 Å². The summed E-state index contributed by atoms with van der Waals surface area (Å²) < 4.78 is 1.91. The lowest BCUT2D eigenvalue weighted by Crippen LogP contribution is -2.28. The molecule has 4 rings (SSSR count). The molecule has 102 valence electrons. The molecule has 3 nitrogen and oxygen atoms in total. The molecule has 1 saturated carbocycles. The van der Waals surface area contributed by atoms with Crippen molar-refractivity contribution in [3.63, 3.8) is 0 Å². The van der Waals surface area contributed by atoms with Gasteiger partial charge in [0.1, 0.15) is 5.03 Å². The van der Waals surface area contributed by atoms with E-state index in [-0.39, 0.29) is 5.56 Å². The van der Waals surface area contributed by atoms with Crippen molar-refractivity contribution in [3.8, 4) is 0 Å². The molecule has 6 heteroatoms. The van der Waals surface area contributed by atoms with Gasteiger partial charge in [-0.15, -0.1) is 11.8 Å². The maximum absolute atomic E-state index is 12.8. The van der Waals surface area contributed by atoms with E-state index in [0.29, 0.717) is 16.4 Å². The summed E-state index contributed by atoms with van der Waals surface area (Å²) in [6, 6.07) is 0. The second kappa shape index (κ2) is 4.81. The summed E-state index contributed by atoms with van der Waals surface area (Å²) in [5.41, 5.74) is 1.28. The highest BCUT2D eigenvalue weighted by Gasteiger charge is 2.40. The van der Waals surface area contributed by atoms with E-state index in [0.717, 1.165) is 27.6 Å². The van der Waals surface area contributed by atoms with Gasteiger partial charge in [-0.25, -0.2) is 4.98 Å². The molecule has 19 heavy (non-hydrogen) atoms. The van der Waals surface area contributed by atoms with Crippen LogP contribution in [0.3, 0.4) is 0 Å². The van der Waals surface area contributed by atoms with E-state index in [1.54, 1.807) is 11.8 Å². The minimum atomic E-state index is 0.248. The number of halogens is 1. The molecule has 1 fully saturated rings. The van der Waals surface area contributed by atoms with Crippen LogP contribution in [-0.4, -0.2) is 25.4 Å². The van der Waals surface area contributed by atoms with Crippen LogP contribution in [0, 0.1) is 0 Å². The first-order chi connectivity index (χ1) is 9.28. The van der Waals surface area contributed by atoms with Gasteiger partial charge in [0.25, 0.3) is 5.56 Å². The van der Waals surface area contributed by atoms with Crippen molar-refractivity contribution in [2.45, 2.75) is 58.8 Å². The van der Waals surface area contributed by atoms with Crippen LogP contribution >= 0.6 is 39.5 Å². The Morgan fingerprint density at radius 1 is 1.32 bits per heavy atom. The van der Waals surface area contributed by atoms with Crippen molar-refractivity contribution in [1.29, 1.82) is 0 Å². The maximum atomic E-state index is 12.8. The summed E-state index contributed by atoms with van der Waals surface area (Å²) in [6.07, 6.45) is 5.00. The van der Waals surface area contributed by atoms with Crippen LogP contribution in [-0.2, 0) is 6.54 Å². The molecule has 0 saturated heterocycles. The predicted molar refractivity (Wildman–Crippen MR) is 82.8 cm³/mol. The number of hydrogen-bond donors (Lipinski definition) is 0. The average Bonchev–Trinajstić information content (AvgIpc) is 2.99. The molecular formula is C13H15BrN2OS2. The van der Waals surface area contributed by atoms with Gasteiger partial charge in [0.15, 0.2) is 5.16 Å². The van der Waals surface area contributed by atoms with Gasteiger partial charge in [-0.3, -0.25) is 9.36 Å². The number of nitrogens with zero attached hydrogens (tertiary/aromatic N) is 2. The normalized spacial score (nSPS) is 31.9. The smallest absolute Gasteiger partial charge is 0.258 e. The van der Waals surface area contributed by atoms with Gasteiger partial charge < -0.3 is 0 Å². The fourth-order valence-corrected chi connectivity index (χ4v) is 6.56. The molecular weight excluding hydrogens is 344 g/mol. The fraction of sp³-hybridized carbons (Fsp3) is 0.692. The molecule has 3 unspecified atom stereocenters. The van der Waals surface area contributed by atoms with E-state index in [1.165, 1.54) is 25.7 Å². The van der Waals surface area contributed by atoms with E-state index in [9.17, 15) is 4.79 Å². The third-order valence-electron chi connectivity index (χ3n) is 4.30. The summed E-state index contributed by atoms with van der Waals surface area (Å²) in [6.45, 7) is 0.812. The van der Waals surface area contributed by atoms with Gasteiger partial charge in [0.05, 0.1) is 5.56 Å². The van der Waals surface area contributed by atoms with Crippen LogP contribution in [0.5, 0.6) is 0 Å². The third kappa shape index (κ3) is 1.94. The molecule has 3 aliphatic rings. The zero-order valence-electron chi connectivity index (χ0n) is 10.5. The van der Waals surface area contributed by atoms with E-state index in [2.05, 4.69) is 15.9 Å². The van der Waals surface area contributed by atoms with E-state index in [1.807, 2.05) is 16.3 Å². The number of fused-ring (bicyclic) bond motifs is 4. The summed E-state index contributed by atoms with van der Waals surface area (Å²) in [7, 11) is 0. The average molecular weight is 359 g/mol. The molecule has 2 aliphatic heterocycles. The Labute approximate surface area is 129 Å². The van der Waals surface area contributed by atoms with Crippen molar-refractivity contribution in [2.24, 2.45) is 0 Å². The van der Waals surface area contributed by atoms with Gasteiger partial charge in [0.2, 0.25) is 0 Å². The molecule has 0 bridgehead atoms. The Bertz CT molecular complexity index is 589. The number of hydrogen-bond acceptors (Lipinski definition) is 4. The van der Waals surface area contributed by atoms with Crippen molar-refractivity contribution < 1.29 is 0 Å². The van der Waals surface area contributed by atoms with E-state index >= 15 is 0 Å². The lowest BCUT2D eigenvalue weighted by Gasteiger charge is -2.23. The van der Waals surface area contributed by atoms with Gasteiger partial charge in [-0.2, -0.15) is 0 Å². The maximum Gasteiger partial charge on any atom is 0.258 e. The third-order valence-corrected chi connectivity index (χ3v) is 8.08. The topological polar surface area (TPSA) is 34.9 Å². The summed E-state index contributed by atoms with van der Waals surface area (Å²) >= 11 is 7.11. The molecule has 1 aromatic heterocycles. The van der Waals surface area contributed by atoms with Gasteiger partial charge in [-0.05, 0) is 12.8 Å². The molecule has 3 heterocycles. The Hall–Kier alpha value is 0.0600.